The smallest absolute Gasteiger partial charge is 0.163 e. The van der Waals surface area contributed by atoms with Crippen LogP contribution in [0.25, 0.3) is 11.1 Å². The van der Waals surface area contributed by atoms with Crippen LogP contribution in [0.4, 0.5) is 4.39 Å². The molecule has 3 aromatic carbocycles. The number of ketones is 1. The van der Waals surface area contributed by atoms with Crippen molar-refractivity contribution in [3.05, 3.63) is 88.2 Å². The number of hydrogen-bond acceptors (Lipinski definition) is 4. The van der Waals surface area contributed by atoms with Crippen LogP contribution < -0.4 is 10.5 Å². The van der Waals surface area contributed by atoms with Gasteiger partial charge in [-0.3, -0.25) is 4.79 Å². The summed E-state index contributed by atoms with van der Waals surface area (Å²) < 4.78 is 18.8. The van der Waals surface area contributed by atoms with Crippen molar-refractivity contribution < 1.29 is 19.0 Å². The van der Waals surface area contributed by atoms with E-state index in [1.165, 1.54) is 12.1 Å². The maximum atomic E-state index is 13.5. The van der Waals surface area contributed by atoms with Gasteiger partial charge in [0, 0.05) is 18.5 Å². The van der Waals surface area contributed by atoms with Crippen LogP contribution in [0.15, 0.2) is 54.6 Å². The minimum Gasteiger partial charge on any atom is -0.497 e. The fourth-order valence-electron chi connectivity index (χ4n) is 3.77. The number of halogens is 1. The molecule has 0 aliphatic heterocycles. The van der Waals surface area contributed by atoms with Crippen molar-refractivity contribution in [2.24, 2.45) is 5.73 Å². The first-order valence-electron chi connectivity index (χ1n) is 10.3. The number of hydrogen-bond donors (Lipinski definition) is 2. The van der Waals surface area contributed by atoms with Gasteiger partial charge in [-0.05, 0) is 88.7 Å². The topological polar surface area (TPSA) is 72.5 Å². The molecule has 0 radical (unpaired) electrons. The molecule has 0 aliphatic rings. The van der Waals surface area contributed by atoms with Gasteiger partial charge < -0.3 is 15.6 Å². The maximum Gasteiger partial charge on any atom is 0.163 e. The molecule has 0 aliphatic carbocycles. The summed E-state index contributed by atoms with van der Waals surface area (Å²) >= 11 is 0. The quantitative estimate of drug-likeness (QED) is 0.494. The van der Waals surface area contributed by atoms with Gasteiger partial charge in [-0.15, -0.1) is 0 Å². The van der Waals surface area contributed by atoms with Crippen LogP contribution in [0.3, 0.4) is 0 Å². The highest BCUT2D eigenvalue weighted by Crippen LogP contribution is 2.30. The van der Waals surface area contributed by atoms with Gasteiger partial charge >= 0.3 is 0 Å². The zero-order valence-electron chi connectivity index (χ0n) is 18.1. The fourth-order valence-corrected chi connectivity index (χ4v) is 3.77. The van der Waals surface area contributed by atoms with Crippen LogP contribution in [0, 0.1) is 12.7 Å². The monoisotopic (exact) mass is 421 g/mol. The first-order chi connectivity index (χ1) is 14.8. The van der Waals surface area contributed by atoms with Crippen LogP contribution in [0.5, 0.6) is 5.75 Å². The predicted molar refractivity (Wildman–Crippen MR) is 121 cm³/mol. The molecule has 0 saturated carbocycles. The highest BCUT2D eigenvalue weighted by Gasteiger charge is 2.17. The summed E-state index contributed by atoms with van der Waals surface area (Å²) in [5.74, 6) is 0.296. The Kier molecular flexibility index (Phi) is 7.21. The number of ether oxygens (including phenoxy) is 1. The number of aliphatic hydroxyl groups excluding tert-OH is 1. The van der Waals surface area contributed by atoms with Gasteiger partial charge in [0.1, 0.15) is 11.6 Å². The van der Waals surface area contributed by atoms with Gasteiger partial charge in [-0.25, -0.2) is 4.39 Å². The SMILES string of the molecule is COc1cc(CO)cc(C(C)CC(=O)c2cc(CN)cc(-c3ccc(F)cc3C)c2)c1. The highest BCUT2D eigenvalue weighted by atomic mass is 19.1. The number of aryl methyl sites for hydroxylation is 1. The summed E-state index contributed by atoms with van der Waals surface area (Å²) in [5.41, 5.74) is 11.5. The zero-order valence-corrected chi connectivity index (χ0v) is 18.1. The summed E-state index contributed by atoms with van der Waals surface area (Å²) in [7, 11) is 1.58. The minimum absolute atomic E-state index is 0.00261. The third-order valence-electron chi connectivity index (χ3n) is 5.52. The third kappa shape index (κ3) is 5.37. The number of aliphatic hydroxyl groups is 1. The number of benzene rings is 3. The van der Waals surface area contributed by atoms with Crippen molar-refractivity contribution in [3.63, 3.8) is 0 Å². The lowest BCUT2D eigenvalue weighted by Gasteiger charge is -2.15. The van der Waals surface area contributed by atoms with Crippen molar-refractivity contribution in [3.8, 4) is 16.9 Å². The van der Waals surface area contributed by atoms with Crippen molar-refractivity contribution in [1.29, 1.82) is 0 Å². The van der Waals surface area contributed by atoms with Crippen molar-refractivity contribution in [1.82, 2.24) is 0 Å². The molecule has 3 N–H and O–H groups in total. The van der Waals surface area contributed by atoms with E-state index in [0.29, 0.717) is 24.3 Å². The summed E-state index contributed by atoms with van der Waals surface area (Å²) in [4.78, 5) is 13.1. The molecule has 0 saturated heterocycles. The van der Waals surface area contributed by atoms with Crippen LogP contribution >= 0.6 is 0 Å². The van der Waals surface area contributed by atoms with Gasteiger partial charge in [0.2, 0.25) is 0 Å². The number of Topliss-reactive ketones (excluding diaryl/α,β-unsaturated/α-hetero) is 1. The molecule has 0 aromatic heterocycles. The lowest BCUT2D eigenvalue weighted by molar-refractivity contribution is 0.0975. The maximum absolute atomic E-state index is 13.5. The molecule has 1 atom stereocenters. The molecule has 1 unspecified atom stereocenters. The second-order valence-electron chi connectivity index (χ2n) is 7.88. The molecular formula is C26H28FNO3. The summed E-state index contributed by atoms with van der Waals surface area (Å²) in [6, 6.07) is 15.8. The molecule has 0 heterocycles. The molecule has 162 valence electrons. The Morgan fingerprint density at radius 1 is 1.10 bits per heavy atom. The van der Waals surface area contributed by atoms with E-state index in [1.54, 1.807) is 19.2 Å². The van der Waals surface area contributed by atoms with Crippen LogP contribution in [-0.2, 0) is 13.2 Å². The Morgan fingerprint density at radius 3 is 2.52 bits per heavy atom. The van der Waals surface area contributed by atoms with Gasteiger partial charge in [-0.1, -0.05) is 19.1 Å². The van der Waals surface area contributed by atoms with Crippen LogP contribution in [0.2, 0.25) is 0 Å². The Balaban J connectivity index is 1.91. The van der Waals surface area contributed by atoms with Gasteiger partial charge in [0.15, 0.2) is 5.78 Å². The Hall–Kier alpha value is -3.02. The fraction of sp³-hybridized carbons (Fsp3) is 0.269. The molecule has 4 nitrogen and oxygen atoms in total. The van der Waals surface area contributed by atoms with E-state index >= 15 is 0 Å². The summed E-state index contributed by atoms with van der Waals surface area (Å²) in [6.45, 7) is 4.04. The standard InChI is InChI=1S/C26H28FNO3/c1-16(20-10-19(15-29)11-24(13-20)31-3)7-26(30)22-9-18(14-28)8-21(12-22)25-5-4-23(27)6-17(25)2/h4-6,8-13,16,29H,7,14-15,28H2,1-3H3. The largest absolute Gasteiger partial charge is 0.497 e. The summed E-state index contributed by atoms with van der Waals surface area (Å²) in [6.07, 6.45) is 0.300. The van der Waals surface area contributed by atoms with Crippen molar-refractivity contribution in [2.75, 3.05) is 7.11 Å². The van der Waals surface area contributed by atoms with E-state index in [9.17, 15) is 14.3 Å². The molecular weight excluding hydrogens is 393 g/mol. The lowest BCUT2D eigenvalue weighted by atomic mass is 9.90. The number of carbonyl (C=O) groups is 1. The predicted octanol–water partition coefficient (Wildman–Crippen LogP) is 5.14. The number of methoxy groups -OCH3 is 1. The average molecular weight is 422 g/mol. The lowest BCUT2D eigenvalue weighted by Crippen LogP contribution is -2.08. The van der Waals surface area contributed by atoms with Crippen LogP contribution in [0.1, 0.15) is 51.9 Å². The molecule has 0 fully saturated rings. The minimum atomic E-state index is -0.290. The van der Waals surface area contributed by atoms with E-state index in [1.807, 2.05) is 44.2 Å². The molecule has 31 heavy (non-hydrogen) atoms. The van der Waals surface area contributed by atoms with E-state index in [2.05, 4.69) is 0 Å². The Morgan fingerprint density at radius 2 is 1.87 bits per heavy atom. The van der Waals surface area contributed by atoms with Crippen LogP contribution in [-0.4, -0.2) is 18.0 Å². The number of rotatable bonds is 8. The molecule has 0 bridgehead atoms. The van der Waals surface area contributed by atoms with E-state index in [0.717, 1.165) is 33.4 Å². The van der Waals surface area contributed by atoms with E-state index < -0.39 is 0 Å². The highest BCUT2D eigenvalue weighted by molar-refractivity contribution is 5.98. The Bertz CT molecular complexity index is 1070. The zero-order chi connectivity index (χ0) is 22.5. The second-order valence-corrected chi connectivity index (χ2v) is 7.88. The normalized spacial score (nSPS) is 11.9. The number of nitrogens with two attached hydrogens (primary N) is 1. The number of carbonyl (C=O) groups excluding carboxylic acids is 1. The molecule has 3 rings (SSSR count). The molecule has 3 aromatic rings. The molecule has 5 heteroatoms. The third-order valence-corrected chi connectivity index (χ3v) is 5.52. The van der Waals surface area contributed by atoms with Gasteiger partial charge in [0.25, 0.3) is 0 Å². The average Bonchev–Trinajstić information content (AvgIpc) is 2.78. The first-order valence-corrected chi connectivity index (χ1v) is 10.3. The first kappa shape index (κ1) is 22.7. The Labute approximate surface area is 182 Å². The van der Waals surface area contributed by atoms with Crippen molar-refractivity contribution in [2.45, 2.75) is 39.3 Å². The van der Waals surface area contributed by atoms with Crippen molar-refractivity contribution >= 4 is 5.78 Å². The van der Waals surface area contributed by atoms with E-state index in [-0.39, 0.29) is 24.1 Å². The molecule has 0 amide bonds. The van der Waals surface area contributed by atoms with E-state index in [4.69, 9.17) is 10.5 Å². The molecule has 0 spiro atoms. The second kappa shape index (κ2) is 9.86. The van der Waals surface area contributed by atoms with Gasteiger partial charge in [0.05, 0.1) is 13.7 Å². The van der Waals surface area contributed by atoms with Gasteiger partial charge in [-0.2, -0.15) is 0 Å². The summed E-state index contributed by atoms with van der Waals surface area (Å²) in [5, 5.41) is 9.50.